The number of hydrogen-bond donors (Lipinski definition) is 2. The Labute approximate surface area is 104 Å². The van der Waals surface area contributed by atoms with Crippen LogP contribution in [0.4, 0.5) is 5.82 Å². The SMILES string of the molecule is CCC(N)C(=O)Nc1ncc(Br)nc1Br. The van der Waals surface area contributed by atoms with Crippen molar-refractivity contribution in [2.24, 2.45) is 5.73 Å². The third kappa shape index (κ3) is 3.51. The Morgan fingerprint density at radius 3 is 2.87 bits per heavy atom. The topological polar surface area (TPSA) is 80.9 Å². The van der Waals surface area contributed by atoms with Gasteiger partial charge in [-0.2, -0.15) is 0 Å². The maximum absolute atomic E-state index is 11.4. The van der Waals surface area contributed by atoms with Crippen molar-refractivity contribution in [3.05, 3.63) is 15.4 Å². The predicted octanol–water partition coefficient (Wildman–Crippen LogP) is 1.68. The van der Waals surface area contributed by atoms with E-state index in [0.717, 1.165) is 0 Å². The summed E-state index contributed by atoms with van der Waals surface area (Å²) in [6, 6.07) is -0.526. The molecule has 0 saturated carbocycles. The number of nitrogens with two attached hydrogens (primary N) is 1. The third-order valence-electron chi connectivity index (χ3n) is 1.72. The number of carbonyl (C=O) groups is 1. The van der Waals surface area contributed by atoms with Gasteiger partial charge in [0.25, 0.3) is 0 Å². The Balaban J connectivity index is 2.77. The van der Waals surface area contributed by atoms with Crippen molar-refractivity contribution < 1.29 is 4.79 Å². The van der Waals surface area contributed by atoms with Crippen LogP contribution in [0, 0.1) is 0 Å². The minimum Gasteiger partial charge on any atom is -0.320 e. The zero-order valence-electron chi connectivity index (χ0n) is 8.00. The summed E-state index contributed by atoms with van der Waals surface area (Å²) in [5.74, 6) is 0.0990. The van der Waals surface area contributed by atoms with Crippen LogP contribution in [0.5, 0.6) is 0 Å². The first-order valence-electron chi connectivity index (χ1n) is 4.29. The van der Waals surface area contributed by atoms with Crippen LogP contribution in [-0.4, -0.2) is 21.9 Å². The van der Waals surface area contributed by atoms with Gasteiger partial charge >= 0.3 is 0 Å². The van der Waals surface area contributed by atoms with Gasteiger partial charge in [-0.25, -0.2) is 9.97 Å². The van der Waals surface area contributed by atoms with Crippen LogP contribution in [0.1, 0.15) is 13.3 Å². The summed E-state index contributed by atoms with van der Waals surface area (Å²) in [6.07, 6.45) is 2.07. The molecule has 0 bridgehead atoms. The zero-order valence-corrected chi connectivity index (χ0v) is 11.2. The number of hydrogen-bond acceptors (Lipinski definition) is 4. The van der Waals surface area contributed by atoms with Crippen molar-refractivity contribution in [2.45, 2.75) is 19.4 Å². The highest BCUT2D eigenvalue weighted by Crippen LogP contribution is 2.19. The van der Waals surface area contributed by atoms with Gasteiger partial charge in [0.1, 0.15) is 9.21 Å². The molecule has 3 N–H and O–H groups in total. The molecule has 1 unspecified atom stereocenters. The molecule has 0 aliphatic carbocycles. The number of anilines is 1. The second-order valence-corrected chi connectivity index (χ2v) is 4.40. The molecule has 0 aromatic carbocycles. The lowest BCUT2D eigenvalue weighted by atomic mass is 10.2. The average Bonchev–Trinajstić information content (AvgIpc) is 2.20. The molecular formula is C8H10Br2N4O. The Morgan fingerprint density at radius 1 is 1.67 bits per heavy atom. The number of aromatic nitrogens is 2. The molecule has 1 atom stereocenters. The van der Waals surface area contributed by atoms with Crippen LogP contribution in [0.2, 0.25) is 0 Å². The molecule has 5 nitrogen and oxygen atoms in total. The normalized spacial score (nSPS) is 12.3. The molecule has 15 heavy (non-hydrogen) atoms. The van der Waals surface area contributed by atoms with Gasteiger partial charge in [-0.3, -0.25) is 4.79 Å². The maximum Gasteiger partial charge on any atom is 0.242 e. The highest BCUT2D eigenvalue weighted by molar-refractivity contribution is 9.11. The van der Waals surface area contributed by atoms with E-state index in [0.29, 0.717) is 21.4 Å². The summed E-state index contributed by atoms with van der Waals surface area (Å²) in [7, 11) is 0. The van der Waals surface area contributed by atoms with E-state index < -0.39 is 6.04 Å². The molecule has 0 radical (unpaired) electrons. The Bertz CT molecular complexity index is 372. The summed E-state index contributed by atoms with van der Waals surface area (Å²) < 4.78 is 1.06. The second kappa shape index (κ2) is 5.53. The Morgan fingerprint density at radius 2 is 2.33 bits per heavy atom. The van der Waals surface area contributed by atoms with E-state index >= 15 is 0 Å². The lowest BCUT2D eigenvalue weighted by molar-refractivity contribution is -0.117. The molecule has 1 heterocycles. The van der Waals surface area contributed by atoms with Crippen LogP contribution in [0.15, 0.2) is 15.4 Å². The van der Waals surface area contributed by atoms with Gasteiger partial charge in [0.15, 0.2) is 5.82 Å². The fourth-order valence-corrected chi connectivity index (χ4v) is 1.74. The molecule has 7 heteroatoms. The summed E-state index contributed by atoms with van der Waals surface area (Å²) in [6.45, 7) is 1.84. The summed E-state index contributed by atoms with van der Waals surface area (Å²) >= 11 is 6.35. The van der Waals surface area contributed by atoms with Crippen LogP contribution in [-0.2, 0) is 4.79 Å². The van der Waals surface area contributed by atoms with Crippen molar-refractivity contribution >= 4 is 43.6 Å². The predicted molar refractivity (Wildman–Crippen MR) is 64.3 cm³/mol. The monoisotopic (exact) mass is 336 g/mol. The van der Waals surface area contributed by atoms with Gasteiger partial charge in [0, 0.05) is 0 Å². The Hall–Kier alpha value is -0.530. The lowest BCUT2D eigenvalue weighted by Crippen LogP contribution is -2.35. The molecular weight excluding hydrogens is 328 g/mol. The molecule has 0 aliphatic heterocycles. The molecule has 1 rings (SSSR count). The van der Waals surface area contributed by atoms with Crippen molar-refractivity contribution in [3.63, 3.8) is 0 Å². The zero-order chi connectivity index (χ0) is 11.4. The molecule has 0 fully saturated rings. The molecule has 1 amide bonds. The smallest absolute Gasteiger partial charge is 0.242 e. The highest BCUT2D eigenvalue weighted by Gasteiger charge is 2.13. The van der Waals surface area contributed by atoms with Gasteiger partial charge < -0.3 is 11.1 Å². The van der Waals surface area contributed by atoms with Crippen LogP contribution >= 0.6 is 31.9 Å². The molecule has 82 valence electrons. The average molecular weight is 338 g/mol. The van der Waals surface area contributed by atoms with E-state index in [1.54, 1.807) is 0 Å². The number of halogens is 2. The van der Waals surface area contributed by atoms with Crippen molar-refractivity contribution in [3.8, 4) is 0 Å². The van der Waals surface area contributed by atoms with E-state index in [2.05, 4.69) is 47.1 Å². The minimum atomic E-state index is -0.526. The highest BCUT2D eigenvalue weighted by atomic mass is 79.9. The standard InChI is InChI=1S/C8H10Br2N4O/c1-2-4(11)8(15)14-7-6(10)13-5(9)3-12-7/h3-4H,2,11H2,1H3,(H,12,14,15). The second-order valence-electron chi connectivity index (χ2n) is 2.84. The number of nitrogens with one attached hydrogen (secondary N) is 1. The first-order valence-corrected chi connectivity index (χ1v) is 5.87. The van der Waals surface area contributed by atoms with Crippen LogP contribution < -0.4 is 11.1 Å². The van der Waals surface area contributed by atoms with Crippen molar-refractivity contribution in [1.29, 1.82) is 0 Å². The van der Waals surface area contributed by atoms with Gasteiger partial charge in [-0.1, -0.05) is 6.92 Å². The maximum atomic E-state index is 11.4. The van der Waals surface area contributed by atoms with Crippen LogP contribution in [0.25, 0.3) is 0 Å². The van der Waals surface area contributed by atoms with E-state index in [1.807, 2.05) is 6.92 Å². The van der Waals surface area contributed by atoms with Gasteiger partial charge in [-0.15, -0.1) is 0 Å². The molecule has 1 aromatic rings. The third-order valence-corrected chi connectivity index (χ3v) is 2.65. The molecule has 0 spiro atoms. The Kier molecular flexibility index (Phi) is 4.62. The van der Waals surface area contributed by atoms with E-state index in [-0.39, 0.29) is 5.91 Å². The summed E-state index contributed by atoms with van der Waals surface area (Å²) in [5.41, 5.74) is 5.56. The van der Waals surface area contributed by atoms with Gasteiger partial charge in [0.05, 0.1) is 12.2 Å². The van der Waals surface area contributed by atoms with Gasteiger partial charge in [0.2, 0.25) is 5.91 Å². The van der Waals surface area contributed by atoms with Crippen molar-refractivity contribution in [2.75, 3.05) is 5.32 Å². The first kappa shape index (κ1) is 12.5. The number of rotatable bonds is 3. The first-order chi connectivity index (χ1) is 7.04. The fourth-order valence-electron chi connectivity index (χ4n) is 0.825. The molecule has 0 saturated heterocycles. The van der Waals surface area contributed by atoms with Crippen LogP contribution in [0.3, 0.4) is 0 Å². The minimum absolute atomic E-state index is 0.269. The molecule has 1 aromatic heterocycles. The number of amides is 1. The summed E-state index contributed by atoms with van der Waals surface area (Å²) in [5, 5.41) is 2.58. The fraction of sp³-hybridized carbons (Fsp3) is 0.375. The van der Waals surface area contributed by atoms with Crippen molar-refractivity contribution in [1.82, 2.24) is 9.97 Å². The van der Waals surface area contributed by atoms with E-state index in [1.165, 1.54) is 6.20 Å². The number of nitrogens with zero attached hydrogens (tertiary/aromatic N) is 2. The molecule has 0 aliphatic rings. The lowest BCUT2D eigenvalue weighted by Gasteiger charge is -2.09. The number of carbonyl (C=O) groups excluding carboxylic acids is 1. The quantitative estimate of drug-likeness (QED) is 0.879. The van der Waals surface area contributed by atoms with Gasteiger partial charge in [-0.05, 0) is 38.3 Å². The summed E-state index contributed by atoms with van der Waals surface area (Å²) in [4.78, 5) is 19.5. The van der Waals surface area contributed by atoms with E-state index in [9.17, 15) is 4.79 Å². The van der Waals surface area contributed by atoms with E-state index in [4.69, 9.17) is 5.73 Å². The largest absolute Gasteiger partial charge is 0.320 e.